The van der Waals surface area contributed by atoms with E-state index >= 15 is 0 Å². The highest BCUT2D eigenvalue weighted by atomic mass is 16.1. The average molecular weight is 303 g/mol. The molecule has 0 saturated heterocycles. The minimum atomic E-state index is -0.0918. The van der Waals surface area contributed by atoms with E-state index in [4.69, 9.17) is 0 Å². The van der Waals surface area contributed by atoms with Crippen LogP contribution in [0.3, 0.4) is 0 Å². The highest BCUT2D eigenvalue weighted by Crippen LogP contribution is 2.09. The second-order valence-corrected chi connectivity index (χ2v) is 5.56. The van der Waals surface area contributed by atoms with E-state index in [1.165, 1.54) is 5.56 Å². The maximum atomic E-state index is 12.2. The molecule has 3 rings (SSSR count). The van der Waals surface area contributed by atoms with Crippen molar-refractivity contribution in [1.29, 1.82) is 0 Å². The van der Waals surface area contributed by atoms with Gasteiger partial charge in [-0.3, -0.25) is 4.79 Å². The fourth-order valence-corrected chi connectivity index (χ4v) is 2.35. The number of rotatable bonds is 4. The molecule has 1 aromatic heterocycles. The first-order valence-electron chi connectivity index (χ1n) is 7.62. The third kappa shape index (κ3) is 4.04. The number of benzene rings is 2. The summed E-state index contributed by atoms with van der Waals surface area (Å²) in [7, 11) is 0. The van der Waals surface area contributed by atoms with Gasteiger partial charge in [-0.2, -0.15) is 0 Å². The zero-order chi connectivity index (χ0) is 16.1. The molecule has 3 heteroatoms. The van der Waals surface area contributed by atoms with Gasteiger partial charge in [0.2, 0.25) is 0 Å². The molecule has 0 aliphatic heterocycles. The largest absolute Gasteiger partial charge is 0.322 e. The van der Waals surface area contributed by atoms with Gasteiger partial charge in [-0.25, -0.2) is 4.57 Å². The monoisotopic (exact) mass is 303 g/mol. The summed E-state index contributed by atoms with van der Waals surface area (Å²) in [4.78, 5) is 12.2. The number of anilines is 1. The standard InChI is InChI=1S/C20H18N2O/c1-16-7-9-18(10-8-16)20(23)21-19-11-13-22(14-12-19)15-17-5-3-2-4-6-17/h2-14H,15H2,1H3/p+1. The van der Waals surface area contributed by atoms with Crippen LogP contribution >= 0.6 is 0 Å². The van der Waals surface area contributed by atoms with Crippen LogP contribution in [-0.4, -0.2) is 5.91 Å². The lowest BCUT2D eigenvalue weighted by Crippen LogP contribution is -2.33. The Morgan fingerprint density at radius 3 is 2.22 bits per heavy atom. The van der Waals surface area contributed by atoms with Gasteiger partial charge in [0, 0.05) is 23.3 Å². The minimum absolute atomic E-state index is 0.0918. The topological polar surface area (TPSA) is 33.0 Å². The van der Waals surface area contributed by atoms with Gasteiger partial charge in [-0.15, -0.1) is 0 Å². The summed E-state index contributed by atoms with van der Waals surface area (Å²) in [5, 5.41) is 2.92. The van der Waals surface area contributed by atoms with Crippen LogP contribution in [0.2, 0.25) is 0 Å². The number of nitrogens with one attached hydrogen (secondary N) is 1. The van der Waals surface area contributed by atoms with E-state index in [1.54, 1.807) is 0 Å². The third-order valence-corrected chi connectivity index (χ3v) is 3.67. The van der Waals surface area contributed by atoms with Crippen LogP contribution in [0, 0.1) is 6.92 Å². The summed E-state index contributed by atoms with van der Waals surface area (Å²) in [6.45, 7) is 2.82. The number of carbonyl (C=O) groups is 1. The lowest BCUT2D eigenvalue weighted by Gasteiger charge is -2.05. The van der Waals surface area contributed by atoms with E-state index < -0.39 is 0 Å². The summed E-state index contributed by atoms with van der Waals surface area (Å²) < 4.78 is 2.08. The zero-order valence-electron chi connectivity index (χ0n) is 13.1. The molecule has 1 heterocycles. The van der Waals surface area contributed by atoms with Crippen LogP contribution in [0.1, 0.15) is 21.5 Å². The van der Waals surface area contributed by atoms with Crippen LogP contribution in [-0.2, 0) is 6.54 Å². The van der Waals surface area contributed by atoms with E-state index in [0.29, 0.717) is 5.56 Å². The van der Waals surface area contributed by atoms with Crippen LogP contribution in [0.25, 0.3) is 0 Å². The molecule has 1 N–H and O–H groups in total. The number of hydrogen-bond donors (Lipinski definition) is 1. The molecule has 2 aromatic carbocycles. The van der Waals surface area contributed by atoms with Gasteiger partial charge >= 0.3 is 0 Å². The molecule has 23 heavy (non-hydrogen) atoms. The fourth-order valence-electron chi connectivity index (χ4n) is 2.35. The Morgan fingerprint density at radius 1 is 0.913 bits per heavy atom. The second kappa shape index (κ2) is 6.88. The van der Waals surface area contributed by atoms with Crippen LogP contribution in [0.5, 0.6) is 0 Å². The second-order valence-electron chi connectivity index (χ2n) is 5.56. The number of pyridine rings is 1. The Kier molecular flexibility index (Phi) is 4.48. The van der Waals surface area contributed by atoms with E-state index in [0.717, 1.165) is 17.8 Å². The highest BCUT2D eigenvalue weighted by molar-refractivity contribution is 6.04. The number of aryl methyl sites for hydroxylation is 1. The van der Waals surface area contributed by atoms with Crippen molar-refractivity contribution >= 4 is 11.6 Å². The molecule has 0 bridgehead atoms. The van der Waals surface area contributed by atoms with Gasteiger partial charge in [-0.05, 0) is 19.1 Å². The lowest BCUT2D eigenvalue weighted by molar-refractivity contribution is -0.688. The Labute approximate surface area is 136 Å². The molecule has 0 saturated carbocycles. The minimum Gasteiger partial charge on any atom is -0.322 e. The molecular weight excluding hydrogens is 284 g/mol. The molecule has 1 amide bonds. The number of aromatic nitrogens is 1. The number of amides is 1. The van der Waals surface area contributed by atoms with Crippen molar-refractivity contribution in [3.63, 3.8) is 0 Å². The van der Waals surface area contributed by atoms with Crippen molar-refractivity contribution in [3.05, 3.63) is 95.8 Å². The van der Waals surface area contributed by atoms with Crippen LogP contribution in [0.15, 0.2) is 79.1 Å². The van der Waals surface area contributed by atoms with Crippen molar-refractivity contribution in [2.75, 3.05) is 5.32 Å². The predicted octanol–water partition coefficient (Wildman–Crippen LogP) is 3.58. The van der Waals surface area contributed by atoms with Crippen molar-refractivity contribution in [1.82, 2.24) is 0 Å². The van der Waals surface area contributed by atoms with Crippen molar-refractivity contribution in [2.45, 2.75) is 13.5 Å². The molecule has 0 atom stereocenters. The maximum Gasteiger partial charge on any atom is 0.255 e. The fraction of sp³-hybridized carbons (Fsp3) is 0.100. The third-order valence-electron chi connectivity index (χ3n) is 3.67. The molecule has 0 unspecified atom stereocenters. The Hall–Kier alpha value is -2.94. The van der Waals surface area contributed by atoms with Crippen LogP contribution in [0.4, 0.5) is 5.69 Å². The molecule has 0 radical (unpaired) electrons. The Morgan fingerprint density at radius 2 is 1.57 bits per heavy atom. The van der Waals surface area contributed by atoms with E-state index in [1.807, 2.05) is 73.9 Å². The number of hydrogen-bond acceptors (Lipinski definition) is 1. The molecule has 3 aromatic rings. The zero-order valence-corrected chi connectivity index (χ0v) is 13.1. The highest BCUT2D eigenvalue weighted by Gasteiger charge is 2.07. The summed E-state index contributed by atoms with van der Waals surface area (Å²) in [6.07, 6.45) is 3.94. The first-order valence-corrected chi connectivity index (χ1v) is 7.62. The molecule has 114 valence electrons. The molecular formula is C20H19N2O+. The molecule has 3 nitrogen and oxygen atoms in total. The molecule has 0 aliphatic rings. The normalized spacial score (nSPS) is 10.3. The van der Waals surface area contributed by atoms with Gasteiger partial charge < -0.3 is 5.32 Å². The van der Waals surface area contributed by atoms with Crippen molar-refractivity contribution in [3.8, 4) is 0 Å². The van der Waals surface area contributed by atoms with Crippen molar-refractivity contribution < 1.29 is 9.36 Å². The van der Waals surface area contributed by atoms with Gasteiger partial charge in [0.1, 0.15) is 0 Å². The molecule has 0 spiro atoms. The average Bonchev–Trinajstić information content (AvgIpc) is 2.58. The predicted molar refractivity (Wildman–Crippen MR) is 91.3 cm³/mol. The summed E-state index contributed by atoms with van der Waals surface area (Å²) in [5.74, 6) is -0.0918. The smallest absolute Gasteiger partial charge is 0.255 e. The lowest BCUT2D eigenvalue weighted by atomic mass is 10.1. The summed E-state index contributed by atoms with van der Waals surface area (Å²) in [6, 6.07) is 21.6. The van der Waals surface area contributed by atoms with Crippen molar-refractivity contribution in [2.24, 2.45) is 0 Å². The SMILES string of the molecule is Cc1ccc(C(=O)Nc2cc[n+](Cc3ccccc3)cc2)cc1. The first-order chi connectivity index (χ1) is 11.2. The van der Waals surface area contributed by atoms with E-state index in [2.05, 4.69) is 22.0 Å². The van der Waals surface area contributed by atoms with Crippen LogP contribution < -0.4 is 9.88 Å². The Balaban J connectivity index is 1.65. The van der Waals surface area contributed by atoms with Gasteiger partial charge in [0.15, 0.2) is 18.9 Å². The first kappa shape index (κ1) is 15.0. The van der Waals surface area contributed by atoms with Gasteiger partial charge in [0.05, 0.1) is 5.69 Å². The van der Waals surface area contributed by atoms with E-state index in [-0.39, 0.29) is 5.91 Å². The summed E-state index contributed by atoms with van der Waals surface area (Å²) in [5.41, 5.74) is 3.84. The summed E-state index contributed by atoms with van der Waals surface area (Å²) >= 11 is 0. The quantitative estimate of drug-likeness (QED) is 0.734. The number of carbonyl (C=O) groups excluding carboxylic acids is 1. The number of nitrogens with zero attached hydrogens (tertiary/aromatic N) is 1. The van der Waals surface area contributed by atoms with Gasteiger partial charge in [-0.1, -0.05) is 48.0 Å². The maximum absolute atomic E-state index is 12.2. The van der Waals surface area contributed by atoms with E-state index in [9.17, 15) is 4.79 Å². The molecule has 0 fully saturated rings. The molecule has 0 aliphatic carbocycles. The van der Waals surface area contributed by atoms with Gasteiger partial charge in [0.25, 0.3) is 5.91 Å². The Bertz CT molecular complexity index is 778.